The Morgan fingerprint density at radius 2 is 1.30 bits per heavy atom. The van der Waals surface area contributed by atoms with Crippen LogP contribution in [0, 0.1) is 0 Å². The lowest BCUT2D eigenvalue weighted by Gasteiger charge is -2.43. The molecule has 0 spiro atoms. The first-order chi connectivity index (χ1) is 12.7. The SMILES string of the molecule is CC(=O)N[C@@H]1[C@@H](O)[C@H](O)[C@@H](CO)O[C@H]1SS[C@@H]1O[C@H](CO)[C@@H](O)[C@H](O)[C@H]1O. The van der Waals surface area contributed by atoms with Gasteiger partial charge in [0.25, 0.3) is 0 Å². The number of aliphatic hydroxyl groups is 7. The Balaban J connectivity index is 2.07. The van der Waals surface area contributed by atoms with Crippen molar-refractivity contribution >= 4 is 27.5 Å². The van der Waals surface area contributed by atoms with Crippen molar-refractivity contribution in [2.75, 3.05) is 13.2 Å². The fourth-order valence-corrected chi connectivity index (χ4v) is 5.66. The van der Waals surface area contributed by atoms with Crippen molar-refractivity contribution < 1.29 is 50.0 Å². The van der Waals surface area contributed by atoms with Gasteiger partial charge in [-0.3, -0.25) is 4.79 Å². The number of carbonyl (C=O) groups excluding carboxylic acids is 1. The lowest BCUT2D eigenvalue weighted by atomic mass is 9.98. The van der Waals surface area contributed by atoms with Crippen LogP contribution < -0.4 is 5.32 Å². The van der Waals surface area contributed by atoms with E-state index in [9.17, 15) is 40.5 Å². The van der Waals surface area contributed by atoms with Crippen LogP contribution in [0.5, 0.6) is 0 Å². The zero-order chi connectivity index (χ0) is 20.3. The zero-order valence-corrected chi connectivity index (χ0v) is 16.0. The molecule has 27 heavy (non-hydrogen) atoms. The van der Waals surface area contributed by atoms with Crippen LogP contribution in [0.2, 0.25) is 0 Å². The first-order valence-corrected chi connectivity index (χ1v) is 10.5. The molecule has 2 saturated heterocycles. The molecule has 0 saturated carbocycles. The molecular formula is C14H25NO10S2. The number of nitrogens with one attached hydrogen (secondary N) is 1. The summed E-state index contributed by atoms with van der Waals surface area (Å²) in [6.45, 7) is 0.0924. The first kappa shape index (κ1) is 23.1. The summed E-state index contributed by atoms with van der Waals surface area (Å²) in [6, 6.07) is -1.01. The molecular weight excluding hydrogens is 406 g/mol. The van der Waals surface area contributed by atoms with Gasteiger partial charge in [-0.15, -0.1) is 0 Å². The maximum absolute atomic E-state index is 11.4. The van der Waals surface area contributed by atoms with Crippen LogP contribution in [0.15, 0.2) is 0 Å². The molecule has 0 aliphatic carbocycles. The first-order valence-electron chi connectivity index (χ1n) is 8.23. The summed E-state index contributed by atoms with van der Waals surface area (Å²) < 4.78 is 10.9. The maximum atomic E-state index is 11.4. The Hall–Kier alpha value is -0.190. The molecule has 2 heterocycles. The number of hydrogen-bond donors (Lipinski definition) is 8. The van der Waals surface area contributed by atoms with E-state index in [1.54, 1.807) is 0 Å². The Kier molecular flexibility index (Phi) is 8.57. The summed E-state index contributed by atoms with van der Waals surface area (Å²) in [5.74, 6) is -0.472. The summed E-state index contributed by atoms with van der Waals surface area (Å²) >= 11 is 0. The molecule has 13 heteroatoms. The minimum atomic E-state index is -1.54. The van der Waals surface area contributed by atoms with Gasteiger partial charge in [0.2, 0.25) is 5.91 Å². The Bertz CT molecular complexity index is 501. The normalized spacial score (nSPS) is 45.5. The summed E-state index contributed by atoms with van der Waals surface area (Å²) in [4.78, 5) is 11.4. The fourth-order valence-electron chi connectivity index (χ4n) is 2.81. The topological polar surface area (TPSA) is 189 Å². The van der Waals surface area contributed by atoms with Gasteiger partial charge in [-0.2, -0.15) is 0 Å². The number of hydrogen-bond acceptors (Lipinski definition) is 12. The van der Waals surface area contributed by atoms with Crippen molar-refractivity contribution in [1.29, 1.82) is 0 Å². The van der Waals surface area contributed by atoms with E-state index in [4.69, 9.17) is 9.47 Å². The number of aliphatic hydroxyl groups excluding tert-OH is 7. The van der Waals surface area contributed by atoms with E-state index in [0.29, 0.717) is 0 Å². The van der Waals surface area contributed by atoms with Gasteiger partial charge in [-0.1, -0.05) is 21.6 Å². The van der Waals surface area contributed by atoms with Gasteiger partial charge in [0.05, 0.1) is 19.3 Å². The summed E-state index contributed by atoms with van der Waals surface area (Å²) in [5, 5.41) is 70.9. The average Bonchev–Trinajstić information content (AvgIpc) is 2.64. The summed E-state index contributed by atoms with van der Waals surface area (Å²) in [7, 11) is 1.83. The molecule has 2 aliphatic heterocycles. The number of rotatable bonds is 6. The van der Waals surface area contributed by atoms with Crippen molar-refractivity contribution in [3.05, 3.63) is 0 Å². The second-order valence-electron chi connectivity index (χ2n) is 6.32. The monoisotopic (exact) mass is 431 g/mol. The molecule has 158 valence electrons. The lowest BCUT2D eigenvalue weighted by Crippen LogP contribution is -2.63. The molecule has 0 aromatic heterocycles. The second kappa shape index (κ2) is 10.0. The summed E-state index contributed by atoms with van der Waals surface area (Å²) in [6.07, 6.45) is -9.47. The molecule has 0 bridgehead atoms. The number of carbonyl (C=O) groups is 1. The Morgan fingerprint density at radius 1 is 0.815 bits per heavy atom. The minimum Gasteiger partial charge on any atom is -0.394 e. The highest BCUT2D eigenvalue weighted by molar-refractivity contribution is 8.77. The molecule has 2 rings (SSSR count). The Morgan fingerprint density at radius 3 is 1.81 bits per heavy atom. The predicted octanol–water partition coefficient (Wildman–Crippen LogP) is -3.89. The number of ether oxygens (including phenoxy) is 2. The molecule has 8 N–H and O–H groups in total. The third kappa shape index (κ3) is 5.25. The van der Waals surface area contributed by atoms with E-state index in [2.05, 4.69) is 5.32 Å². The Labute approximate surface area is 163 Å². The van der Waals surface area contributed by atoms with Crippen LogP contribution in [0.4, 0.5) is 0 Å². The maximum Gasteiger partial charge on any atom is 0.217 e. The van der Waals surface area contributed by atoms with Crippen molar-refractivity contribution in [3.8, 4) is 0 Å². The summed E-state index contributed by atoms with van der Waals surface area (Å²) in [5.41, 5.74) is -1.98. The van der Waals surface area contributed by atoms with E-state index < -0.39 is 78.8 Å². The van der Waals surface area contributed by atoms with Gasteiger partial charge in [-0.05, 0) is 0 Å². The van der Waals surface area contributed by atoms with Crippen LogP contribution in [-0.2, 0) is 14.3 Å². The third-order valence-electron chi connectivity index (χ3n) is 4.34. The molecule has 0 aromatic carbocycles. The predicted molar refractivity (Wildman–Crippen MR) is 94.3 cm³/mol. The van der Waals surface area contributed by atoms with Crippen LogP contribution in [0.3, 0.4) is 0 Å². The quantitative estimate of drug-likeness (QED) is 0.191. The zero-order valence-electron chi connectivity index (χ0n) is 14.4. The third-order valence-corrected chi connectivity index (χ3v) is 7.10. The van der Waals surface area contributed by atoms with Crippen molar-refractivity contribution in [2.24, 2.45) is 0 Å². The fraction of sp³-hybridized carbons (Fsp3) is 0.929. The van der Waals surface area contributed by atoms with E-state index in [1.807, 2.05) is 0 Å². The van der Waals surface area contributed by atoms with E-state index >= 15 is 0 Å². The van der Waals surface area contributed by atoms with Crippen LogP contribution in [0.25, 0.3) is 0 Å². The molecule has 10 atom stereocenters. The molecule has 0 radical (unpaired) electrons. The highest BCUT2D eigenvalue weighted by atomic mass is 33.1. The average molecular weight is 431 g/mol. The van der Waals surface area contributed by atoms with Gasteiger partial charge >= 0.3 is 0 Å². The van der Waals surface area contributed by atoms with Gasteiger partial charge in [0.15, 0.2) is 0 Å². The standard InChI is InChI=1S/C14H25NO10S2/c1-4(18)15-7-10(21)8(19)5(2-16)24-13(7)26-27-14-12(23)11(22)9(20)6(3-17)25-14/h5-14,16-17,19-23H,2-3H2,1H3,(H,15,18)/t5-,6-,7-,8-,9-,10-,11+,12-,13+,14+/m1/s1. The van der Waals surface area contributed by atoms with E-state index in [0.717, 1.165) is 21.6 Å². The minimum absolute atomic E-state index is 0.472. The lowest BCUT2D eigenvalue weighted by molar-refractivity contribution is -0.205. The van der Waals surface area contributed by atoms with Crippen LogP contribution in [-0.4, -0.2) is 115 Å². The second-order valence-corrected chi connectivity index (χ2v) is 8.79. The van der Waals surface area contributed by atoms with Crippen molar-refractivity contribution in [2.45, 2.75) is 66.6 Å². The molecule has 0 aromatic rings. The smallest absolute Gasteiger partial charge is 0.217 e. The van der Waals surface area contributed by atoms with Crippen LogP contribution >= 0.6 is 21.6 Å². The highest BCUT2D eigenvalue weighted by Gasteiger charge is 2.47. The van der Waals surface area contributed by atoms with Gasteiger partial charge in [0, 0.05) is 6.92 Å². The van der Waals surface area contributed by atoms with Gasteiger partial charge < -0.3 is 50.5 Å². The molecule has 1 amide bonds. The van der Waals surface area contributed by atoms with Gasteiger partial charge in [-0.25, -0.2) is 0 Å². The van der Waals surface area contributed by atoms with Crippen molar-refractivity contribution in [1.82, 2.24) is 5.32 Å². The number of amides is 1. The van der Waals surface area contributed by atoms with E-state index in [-0.39, 0.29) is 0 Å². The highest BCUT2D eigenvalue weighted by Crippen LogP contribution is 2.41. The molecule has 0 unspecified atom stereocenters. The van der Waals surface area contributed by atoms with Gasteiger partial charge in [0.1, 0.15) is 53.6 Å². The van der Waals surface area contributed by atoms with Crippen LogP contribution in [0.1, 0.15) is 6.92 Å². The molecule has 11 nitrogen and oxygen atoms in total. The molecule has 2 aliphatic rings. The molecule has 2 fully saturated rings. The van der Waals surface area contributed by atoms with E-state index in [1.165, 1.54) is 6.92 Å². The largest absolute Gasteiger partial charge is 0.394 e. The van der Waals surface area contributed by atoms with Crippen molar-refractivity contribution in [3.63, 3.8) is 0 Å².